The van der Waals surface area contributed by atoms with Crippen LogP contribution < -0.4 is 4.90 Å². The minimum atomic E-state index is -0.0901. The number of amides is 1. The van der Waals surface area contributed by atoms with Crippen LogP contribution in [-0.4, -0.2) is 19.2 Å². The van der Waals surface area contributed by atoms with Gasteiger partial charge in [-0.25, -0.2) is 0 Å². The van der Waals surface area contributed by atoms with Crippen LogP contribution in [0.2, 0.25) is 0 Å². The Bertz CT molecular complexity index is 659. The van der Waals surface area contributed by atoms with Crippen molar-refractivity contribution in [1.82, 2.24) is 0 Å². The van der Waals surface area contributed by atoms with Crippen molar-refractivity contribution in [2.45, 2.75) is 4.90 Å². The fourth-order valence-electron chi connectivity index (χ4n) is 1.83. The second-order valence-electron chi connectivity index (χ2n) is 4.25. The molecule has 0 saturated carbocycles. The van der Waals surface area contributed by atoms with Gasteiger partial charge in [0.25, 0.3) is 5.91 Å². The highest BCUT2D eigenvalue weighted by Crippen LogP contribution is 2.19. The molecule has 0 spiro atoms. The van der Waals surface area contributed by atoms with Crippen molar-refractivity contribution in [1.29, 1.82) is 5.26 Å². The van der Waals surface area contributed by atoms with E-state index in [-0.39, 0.29) is 5.91 Å². The van der Waals surface area contributed by atoms with Gasteiger partial charge in [-0.1, -0.05) is 6.07 Å². The molecule has 100 valence electrons. The van der Waals surface area contributed by atoms with Crippen molar-refractivity contribution in [3.05, 3.63) is 59.7 Å². The zero-order chi connectivity index (χ0) is 14.5. The van der Waals surface area contributed by atoms with Gasteiger partial charge in [-0.15, -0.1) is 11.8 Å². The molecule has 1 amide bonds. The van der Waals surface area contributed by atoms with Gasteiger partial charge in [0.2, 0.25) is 0 Å². The Balaban J connectivity index is 2.25. The van der Waals surface area contributed by atoms with E-state index in [4.69, 9.17) is 5.26 Å². The Hall–Kier alpha value is -2.25. The molecule has 2 aromatic carbocycles. The molecular weight excluding hydrogens is 268 g/mol. The lowest BCUT2D eigenvalue weighted by molar-refractivity contribution is 0.0993. The van der Waals surface area contributed by atoms with E-state index in [1.165, 1.54) is 0 Å². The van der Waals surface area contributed by atoms with Crippen molar-refractivity contribution < 1.29 is 4.79 Å². The van der Waals surface area contributed by atoms with E-state index in [2.05, 4.69) is 6.07 Å². The first-order chi connectivity index (χ1) is 9.65. The number of carbonyl (C=O) groups excluding carboxylic acids is 1. The number of benzene rings is 2. The second kappa shape index (κ2) is 6.27. The lowest BCUT2D eigenvalue weighted by Crippen LogP contribution is -2.26. The second-order valence-corrected chi connectivity index (χ2v) is 5.13. The SMILES string of the molecule is CSc1ccc(C(=O)N(C)c2cccc(C#N)c2)cc1. The smallest absolute Gasteiger partial charge is 0.258 e. The fraction of sp³-hybridized carbons (Fsp3) is 0.125. The first-order valence-corrected chi connectivity index (χ1v) is 7.30. The van der Waals surface area contributed by atoms with E-state index >= 15 is 0 Å². The normalized spacial score (nSPS) is 9.85. The summed E-state index contributed by atoms with van der Waals surface area (Å²) in [6, 6.07) is 16.6. The van der Waals surface area contributed by atoms with E-state index in [1.54, 1.807) is 41.9 Å². The number of rotatable bonds is 3. The first kappa shape index (κ1) is 14.2. The topological polar surface area (TPSA) is 44.1 Å². The highest BCUT2D eigenvalue weighted by molar-refractivity contribution is 7.98. The van der Waals surface area contributed by atoms with Crippen LogP contribution in [0, 0.1) is 11.3 Å². The van der Waals surface area contributed by atoms with Crippen molar-refractivity contribution >= 4 is 23.4 Å². The van der Waals surface area contributed by atoms with Crippen LogP contribution >= 0.6 is 11.8 Å². The summed E-state index contributed by atoms with van der Waals surface area (Å²) < 4.78 is 0. The van der Waals surface area contributed by atoms with Crippen LogP contribution in [0.1, 0.15) is 15.9 Å². The van der Waals surface area contributed by atoms with Gasteiger partial charge in [0.1, 0.15) is 0 Å². The van der Waals surface area contributed by atoms with Crippen LogP contribution in [0.4, 0.5) is 5.69 Å². The minimum absolute atomic E-state index is 0.0901. The first-order valence-electron chi connectivity index (χ1n) is 6.08. The van der Waals surface area contributed by atoms with Gasteiger partial charge in [0, 0.05) is 23.2 Å². The van der Waals surface area contributed by atoms with Crippen LogP contribution in [-0.2, 0) is 0 Å². The number of nitrogens with zero attached hydrogens (tertiary/aromatic N) is 2. The molecule has 0 N–H and O–H groups in total. The average molecular weight is 282 g/mol. The Morgan fingerprint density at radius 3 is 2.50 bits per heavy atom. The number of nitriles is 1. The summed E-state index contributed by atoms with van der Waals surface area (Å²) in [5.41, 5.74) is 1.88. The van der Waals surface area contributed by atoms with Gasteiger partial charge in [-0.05, 0) is 48.7 Å². The van der Waals surface area contributed by atoms with Crippen molar-refractivity contribution in [2.24, 2.45) is 0 Å². The third kappa shape index (κ3) is 3.01. The van der Waals surface area contributed by atoms with Crippen LogP contribution in [0.5, 0.6) is 0 Å². The molecule has 4 heteroatoms. The molecule has 0 heterocycles. The summed E-state index contributed by atoms with van der Waals surface area (Å²) in [6.07, 6.45) is 2.00. The average Bonchev–Trinajstić information content (AvgIpc) is 2.53. The highest BCUT2D eigenvalue weighted by atomic mass is 32.2. The Kier molecular flexibility index (Phi) is 4.44. The largest absolute Gasteiger partial charge is 0.311 e. The molecule has 0 fully saturated rings. The molecule has 0 atom stereocenters. The van der Waals surface area contributed by atoms with Gasteiger partial charge in [-0.2, -0.15) is 5.26 Å². The van der Waals surface area contributed by atoms with Gasteiger partial charge >= 0.3 is 0 Å². The maximum absolute atomic E-state index is 12.4. The maximum atomic E-state index is 12.4. The summed E-state index contributed by atoms with van der Waals surface area (Å²) >= 11 is 1.64. The summed E-state index contributed by atoms with van der Waals surface area (Å²) in [6.45, 7) is 0. The molecular formula is C16H14N2OS. The lowest BCUT2D eigenvalue weighted by atomic mass is 10.1. The Morgan fingerprint density at radius 1 is 1.20 bits per heavy atom. The zero-order valence-electron chi connectivity index (χ0n) is 11.3. The third-order valence-electron chi connectivity index (χ3n) is 3.00. The molecule has 0 aliphatic heterocycles. The van der Waals surface area contributed by atoms with Crippen molar-refractivity contribution in [3.8, 4) is 6.07 Å². The molecule has 0 saturated heterocycles. The fourth-order valence-corrected chi connectivity index (χ4v) is 2.24. The van der Waals surface area contributed by atoms with Crippen LogP contribution in [0.25, 0.3) is 0 Å². The molecule has 20 heavy (non-hydrogen) atoms. The van der Waals surface area contributed by atoms with Crippen LogP contribution in [0.3, 0.4) is 0 Å². The van der Waals surface area contributed by atoms with E-state index in [0.717, 1.165) is 4.90 Å². The van der Waals surface area contributed by atoms with E-state index in [9.17, 15) is 4.79 Å². The number of hydrogen-bond donors (Lipinski definition) is 0. The van der Waals surface area contributed by atoms with Crippen molar-refractivity contribution in [3.63, 3.8) is 0 Å². The predicted octanol–water partition coefficient (Wildman–Crippen LogP) is 3.56. The van der Waals surface area contributed by atoms with Crippen molar-refractivity contribution in [2.75, 3.05) is 18.2 Å². The van der Waals surface area contributed by atoms with Gasteiger partial charge in [0.05, 0.1) is 11.6 Å². The number of carbonyl (C=O) groups is 1. The summed E-state index contributed by atoms with van der Waals surface area (Å²) in [5, 5.41) is 8.90. The standard InChI is InChI=1S/C16H14N2OS/c1-18(14-5-3-4-12(10-14)11-17)16(19)13-6-8-15(20-2)9-7-13/h3-10H,1-2H3. The summed E-state index contributed by atoms with van der Waals surface area (Å²) in [4.78, 5) is 15.1. The highest BCUT2D eigenvalue weighted by Gasteiger charge is 2.13. The Labute approximate surface area is 122 Å². The van der Waals surface area contributed by atoms with E-state index < -0.39 is 0 Å². The van der Waals surface area contributed by atoms with E-state index in [1.807, 2.05) is 36.6 Å². The molecule has 2 rings (SSSR count). The molecule has 0 unspecified atom stereocenters. The number of anilines is 1. The zero-order valence-corrected chi connectivity index (χ0v) is 12.1. The molecule has 3 nitrogen and oxygen atoms in total. The number of hydrogen-bond acceptors (Lipinski definition) is 3. The van der Waals surface area contributed by atoms with Gasteiger partial charge in [0.15, 0.2) is 0 Å². The molecule has 0 aromatic heterocycles. The number of thioether (sulfide) groups is 1. The predicted molar refractivity (Wildman–Crippen MR) is 82.1 cm³/mol. The van der Waals surface area contributed by atoms with Crippen LogP contribution in [0.15, 0.2) is 53.4 Å². The Morgan fingerprint density at radius 2 is 1.90 bits per heavy atom. The summed E-state index contributed by atoms with van der Waals surface area (Å²) in [7, 11) is 1.71. The molecule has 0 aliphatic rings. The summed E-state index contributed by atoms with van der Waals surface area (Å²) in [5.74, 6) is -0.0901. The maximum Gasteiger partial charge on any atom is 0.258 e. The van der Waals surface area contributed by atoms with Gasteiger partial charge in [-0.3, -0.25) is 4.79 Å². The monoisotopic (exact) mass is 282 g/mol. The lowest BCUT2D eigenvalue weighted by Gasteiger charge is -2.17. The molecule has 2 aromatic rings. The van der Waals surface area contributed by atoms with E-state index in [0.29, 0.717) is 16.8 Å². The quantitative estimate of drug-likeness (QED) is 0.809. The minimum Gasteiger partial charge on any atom is -0.311 e. The third-order valence-corrected chi connectivity index (χ3v) is 3.75. The molecule has 0 aliphatic carbocycles. The van der Waals surface area contributed by atoms with Gasteiger partial charge < -0.3 is 4.90 Å². The molecule has 0 bridgehead atoms. The molecule has 0 radical (unpaired) electrons.